The highest BCUT2D eigenvalue weighted by Crippen LogP contribution is 2.30. The Balaban J connectivity index is 2.01. The van der Waals surface area contributed by atoms with E-state index in [0.29, 0.717) is 36.7 Å². The van der Waals surface area contributed by atoms with E-state index in [1.807, 2.05) is 54.1 Å². The number of rotatable bonds is 6. The normalized spacial score (nSPS) is 19.0. The lowest BCUT2D eigenvalue weighted by Crippen LogP contribution is -2.29. The van der Waals surface area contributed by atoms with Gasteiger partial charge in [0, 0.05) is 32.9 Å². The number of carboxylic acid groups (broad SMARTS) is 1. The standard InChI is InChI=1S/C24H34N4O4Si/c1-17-8-7-11-20(27-24(30)31)23-26-21(15-28(23)16-32-12-13-33(2,3)4)18-9-5-6-10-19(18)25-22(29)14-17/h5-10,15,17,20,27H,11-14,16H2,1-4H3,(H,25,29)(H,30,31). The van der Waals surface area contributed by atoms with Gasteiger partial charge in [-0.25, -0.2) is 9.78 Å². The molecule has 0 aliphatic carbocycles. The lowest BCUT2D eigenvalue weighted by atomic mass is 10.0. The molecular weight excluding hydrogens is 436 g/mol. The number of carbonyl (C=O) groups excluding carboxylic acids is 1. The minimum absolute atomic E-state index is 0.0164. The first-order valence-corrected chi connectivity index (χ1v) is 15.0. The van der Waals surface area contributed by atoms with Gasteiger partial charge in [-0.05, 0) is 24.4 Å². The predicted molar refractivity (Wildman–Crippen MR) is 132 cm³/mol. The van der Waals surface area contributed by atoms with Crippen molar-refractivity contribution in [3.8, 4) is 11.3 Å². The number of benzene rings is 1. The molecule has 3 N–H and O–H groups in total. The van der Waals surface area contributed by atoms with Crippen LogP contribution in [0, 0.1) is 5.92 Å². The van der Waals surface area contributed by atoms with Crippen molar-refractivity contribution in [3.05, 3.63) is 48.4 Å². The van der Waals surface area contributed by atoms with Gasteiger partial charge in [0.25, 0.3) is 0 Å². The highest BCUT2D eigenvalue weighted by atomic mass is 28.3. The van der Waals surface area contributed by atoms with Crippen molar-refractivity contribution in [3.63, 3.8) is 0 Å². The van der Waals surface area contributed by atoms with E-state index in [0.717, 1.165) is 11.6 Å². The molecule has 2 aromatic rings. The molecule has 2 amide bonds. The number of amides is 2. The maximum Gasteiger partial charge on any atom is 0.405 e. The molecule has 2 atom stereocenters. The average molecular weight is 471 g/mol. The molecule has 33 heavy (non-hydrogen) atoms. The number of nitrogens with zero attached hydrogens (tertiary/aromatic N) is 2. The van der Waals surface area contributed by atoms with Crippen molar-refractivity contribution in [1.29, 1.82) is 0 Å². The van der Waals surface area contributed by atoms with Crippen LogP contribution in [0.25, 0.3) is 11.3 Å². The minimum Gasteiger partial charge on any atom is -0.465 e. The van der Waals surface area contributed by atoms with E-state index in [4.69, 9.17) is 9.72 Å². The molecule has 2 unspecified atom stereocenters. The summed E-state index contributed by atoms with van der Waals surface area (Å²) in [5.41, 5.74) is 2.11. The molecule has 1 aromatic heterocycles. The Labute approximate surface area is 196 Å². The number of aromatic nitrogens is 2. The first-order chi connectivity index (χ1) is 15.6. The van der Waals surface area contributed by atoms with Gasteiger partial charge < -0.3 is 25.0 Å². The summed E-state index contributed by atoms with van der Waals surface area (Å²) in [6.45, 7) is 9.78. The van der Waals surface area contributed by atoms with Gasteiger partial charge in [-0.1, -0.05) is 56.9 Å². The lowest BCUT2D eigenvalue weighted by Gasteiger charge is -2.19. The Bertz CT molecular complexity index is 1010. The molecule has 2 heterocycles. The molecule has 0 saturated heterocycles. The van der Waals surface area contributed by atoms with E-state index in [-0.39, 0.29) is 18.6 Å². The highest BCUT2D eigenvalue weighted by molar-refractivity contribution is 6.76. The first kappa shape index (κ1) is 24.7. The van der Waals surface area contributed by atoms with Crippen molar-refractivity contribution in [2.45, 2.75) is 58.2 Å². The Morgan fingerprint density at radius 2 is 2.09 bits per heavy atom. The number of nitrogens with one attached hydrogen (secondary N) is 2. The number of fused-ring (bicyclic) bond motifs is 4. The van der Waals surface area contributed by atoms with E-state index in [1.54, 1.807) is 0 Å². The van der Waals surface area contributed by atoms with Crippen LogP contribution < -0.4 is 10.6 Å². The smallest absolute Gasteiger partial charge is 0.405 e. The van der Waals surface area contributed by atoms with Gasteiger partial charge in [0.1, 0.15) is 12.6 Å². The van der Waals surface area contributed by atoms with Gasteiger partial charge in [0.15, 0.2) is 0 Å². The monoisotopic (exact) mass is 470 g/mol. The van der Waals surface area contributed by atoms with E-state index < -0.39 is 20.2 Å². The van der Waals surface area contributed by atoms with Crippen molar-refractivity contribution in [2.24, 2.45) is 5.92 Å². The third-order valence-electron chi connectivity index (χ3n) is 5.46. The molecule has 2 bridgehead atoms. The summed E-state index contributed by atoms with van der Waals surface area (Å²) in [5, 5.41) is 15.1. The molecule has 0 spiro atoms. The van der Waals surface area contributed by atoms with Crippen LogP contribution in [0.4, 0.5) is 10.5 Å². The molecule has 0 saturated carbocycles. The highest BCUT2D eigenvalue weighted by Gasteiger charge is 2.23. The number of hydrogen-bond acceptors (Lipinski definition) is 4. The predicted octanol–water partition coefficient (Wildman–Crippen LogP) is 5.10. The van der Waals surface area contributed by atoms with E-state index in [9.17, 15) is 14.7 Å². The van der Waals surface area contributed by atoms with Gasteiger partial charge in [0.05, 0.1) is 17.4 Å². The topological polar surface area (TPSA) is 105 Å². The number of carbonyl (C=O) groups is 2. The molecule has 1 aliphatic rings. The molecule has 1 aromatic carbocycles. The van der Waals surface area contributed by atoms with Crippen LogP contribution in [0.2, 0.25) is 25.7 Å². The fourth-order valence-electron chi connectivity index (χ4n) is 3.68. The second-order valence-corrected chi connectivity index (χ2v) is 15.4. The third-order valence-corrected chi connectivity index (χ3v) is 7.17. The van der Waals surface area contributed by atoms with Crippen molar-refractivity contribution in [2.75, 3.05) is 11.9 Å². The Hall–Kier alpha value is -2.91. The van der Waals surface area contributed by atoms with Crippen molar-refractivity contribution >= 4 is 25.8 Å². The maximum absolute atomic E-state index is 12.6. The van der Waals surface area contributed by atoms with Gasteiger partial charge in [-0.15, -0.1) is 0 Å². The molecule has 8 nitrogen and oxygen atoms in total. The maximum atomic E-state index is 12.6. The molecule has 178 valence electrons. The summed E-state index contributed by atoms with van der Waals surface area (Å²) in [6.07, 6.45) is 5.37. The van der Waals surface area contributed by atoms with Crippen molar-refractivity contribution in [1.82, 2.24) is 14.9 Å². The van der Waals surface area contributed by atoms with Gasteiger partial charge in [-0.2, -0.15) is 0 Å². The number of para-hydroxylation sites is 1. The third kappa shape index (κ3) is 7.30. The summed E-state index contributed by atoms with van der Waals surface area (Å²) < 4.78 is 7.83. The van der Waals surface area contributed by atoms with Crippen LogP contribution >= 0.6 is 0 Å². The minimum atomic E-state index is -1.23. The molecule has 1 aliphatic heterocycles. The summed E-state index contributed by atoms with van der Waals surface area (Å²) in [4.78, 5) is 28.9. The lowest BCUT2D eigenvalue weighted by molar-refractivity contribution is -0.116. The quantitative estimate of drug-likeness (QED) is 0.310. The summed E-state index contributed by atoms with van der Waals surface area (Å²) >= 11 is 0. The van der Waals surface area contributed by atoms with Gasteiger partial charge in [0.2, 0.25) is 5.91 Å². The second kappa shape index (κ2) is 10.8. The van der Waals surface area contributed by atoms with Crippen LogP contribution in [0.5, 0.6) is 0 Å². The molecular formula is C24H34N4O4Si. The molecule has 3 rings (SSSR count). The van der Waals surface area contributed by atoms with Crippen LogP contribution in [-0.4, -0.2) is 41.3 Å². The van der Waals surface area contributed by atoms with E-state index in [2.05, 4.69) is 30.3 Å². The number of imidazole rings is 1. The van der Waals surface area contributed by atoms with E-state index in [1.165, 1.54) is 0 Å². The number of hydrogen-bond donors (Lipinski definition) is 3. The Morgan fingerprint density at radius 1 is 1.33 bits per heavy atom. The molecule has 0 radical (unpaired) electrons. The Kier molecular flexibility index (Phi) is 8.09. The molecule has 9 heteroatoms. The van der Waals surface area contributed by atoms with E-state index >= 15 is 0 Å². The average Bonchev–Trinajstić information content (AvgIpc) is 3.13. The zero-order valence-electron chi connectivity index (χ0n) is 19.8. The molecule has 0 fully saturated rings. The second-order valence-electron chi connectivity index (χ2n) is 9.74. The van der Waals surface area contributed by atoms with Crippen LogP contribution in [0.1, 0.15) is 31.6 Å². The fraction of sp³-hybridized carbons (Fsp3) is 0.458. The van der Waals surface area contributed by atoms with Crippen molar-refractivity contribution < 1.29 is 19.4 Å². The summed E-state index contributed by atoms with van der Waals surface area (Å²) in [6, 6.07) is 8.01. The van der Waals surface area contributed by atoms with Gasteiger partial charge >= 0.3 is 6.09 Å². The number of ether oxygens (including phenoxy) is 1. The largest absolute Gasteiger partial charge is 0.465 e. The SMILES string of the molecule is CC1C=CCC(NC(=O)O)c2nc(cn2COCC[Si](C)(C)C)-c2ccccc2NC(=O)C1. The van der Waals surface area contributed by atoms with Gasteiger partial charge in [-0.3, -0.25) is 4.79 Å². The first-order valence-electron chi connectivity index (χ1n) is 11.3. The van der Waals surface area contributed by atoms with Crippen LogP contribution in [-0.2, 0) is 16.3 Å². The number of anilines is 1. The number of allylic oxidation sites excluding steroid dienone is 1. The zero-order valence-corrected chi connectivity index (χ0v) is 20.8. The zero-order chi connectivity index (χ0) is 24.0. The van der Waals surface area contributed by atoms with Crippen LogP contribution in [0.15, 0.2) is 42.6 Å². The summed E-state index contributed by atoms with van der Waals surface area (Å²) in [7, 11) is -1.23. The fourth-order valence-corrected chi connectivity index (χ4v) is 4.44. The summed E-state index contributed by atoms with van der Waals surface area (Å²) in [5.74, 6) is 0.522. The van der Waals surface area contributed by atoms with Crippen LogP contribution in [0.3, 0.4) is 0 Å². The Morgan fingerprint density at radius 3 is 2.82 bits per heavy atom.